The molecule has 0 aromatic carbocycles. The maximum Gasteiger partial charge on any atom is 0.130 e. The van der Waals surface area contributed by atoms with E-state index in [0.717, 1.165) is 36.3 Å². The fourth-order valence-electron chi connectivity index (χ4n) is 2.35. The molecule has 0 bridgehead atoms. The third-order valence-corrected chi connectivity index (χ3v) is 5.17. The van der Waals surface area contributed by atoms with Gasteiger partial charge in [0, 0.05) is 6.61 Å². The van der Waals surface area contributed by atoms with Crippen LogP contribution < -0.4 is 0 Å². The summed E-state index contributed by atoms with van der Waals surface area (Å²) in [4.78, 5) is 0.186. The molecule has 4 heteroatoms. The van der Waals surface area contributed by atoms with Crippen LogP contribution in [0.5, 0.6) is 0 Å². The number of rotatable bonds is 12. The lowest BCUT2D eigenvalue weighted by atomic mass is 10.1. The minimum absolute atomic E-state index is 0.0865. The Morgan fingerprint density at radius 2 is 1.55 bits per heavy atom. The molecule has 1 aliphatic rings. The lowest BCUT2D eigenvalue weighted by molar-refractivity contribution is 0.0847. The highest BCUT2D eigenvalue weighted by Gasteiger charge is 2.23. The van der Waals surface area contributed by atoms with Gasteiger partial charge in [-0.2, -0.15) is 0 Å². The Hall–Kier alpha value is 0.200. The van der Waals surface area contributed by atoms with Gasteiger partial charge in [-0.05, 0) is 40.9 Å². The number of halogens is 2. The van der Waals surface area contributed by atoms with E-state index in [1.165, 1.54) is 38.5 Å². The molecule has 0 saturated heterocycles. The molecule has 0 radical (unpaired) electrons. The number of unbranched alkanes of at least 4 members (excludes halogenated alkanes) is 6. The smallest absolute Gasteiger partial charge is 0.130 e. The van der Waals surface area contributed by atoms with Crippen LogP contribution in [0.1, 0.15) is 65.2 Å². The largest absolute Gasteiger partial charge is 0.493 e. The summed E-state index contributed by atoms with van der Waals surface area (Å²) in [5.41, 5.74) is 0. The van der Waals surface area contributed by atoms with Crippen LogP contribution in [0.2, 0.25) is 0 Å². The van der Waals surface area contributed by atoms with Gasteiger partial charge in [0.1, 0.15) is 5.76 Å². The van der Waals surface area contributed by atoms with Crippen molar-refractivity contribution in [3.8, 4) is 0 Å². The first-order valence-electron chi connectivity index (χ1n) is 8.67. The molecule has 128 valence electrons. The minimum Gasteiger partial charge on any atom is -0.493 e. The molecule has 2 unspecified atom stereocenters. The van der Waals surface area contributed by atoms with E-state index in [2.05, 4.69) is 57.9 Å². The average molecular weight is 438 g/mol. The van der Waals surface area contributed by atoms with Gasteiger partial charge in [0.2, 0.25) is 0 Å². The zero-order valence-corrected chi connectivity index (χ0v) is 17.1. The summed E-state index contributed by atoms with van der Waals surface area (Å²) in [6, 6.07) is 0. The molecular formula is C18H30Br2O2. The molecular weight excluding hydrogens is 408 g/mol. The number of alkyl halides is 1. The van der Waals surface area contributed by atoms with Gasteiger partial charge in [-0.15, -0.1) is 0 Å². The highest BCUT2D eigenvalue weighted by Crippen LogP contribution is 2.30. The van der Waals surface area contributed by atoms with E-state index in [1.54, 1.807) is 0 Å². The van der Waals surface area contributed by atoms with Crippen molar-refractivity contribution in [2.75, 3.05) is 13.2 Å². The Labute approximate surface area is 153 Å². The summed E-state index contributed by atoms with van der Waals surface area (Å²) in [7, 11) is 0. The van der Waals surface area contributed by atoms with Crippen molar-refractivity contribution in [3.05, 3.63) is 22.4 Å². The van der Waals surface area contributed by atoms with Gasteiger partial charge in [-0.1, -0.05) is 68.3 Å². The van der Waals surface area contributed by atoms with Gasteiger partial charge in [-0.3, -0.25) is 0 Å². The predicted octanol–water partition coefficient (Wildman–Crippen LogP) is 6.49. The summed E-state index contributed by atoms with van der Waals surface area (Å²) < 4.78 is 12.9. The fourth-order valence-corrected chi connectivity index (χ4v) is 3.41. The van der Waals surface area contributed by atoms with Gasteiger partial charge >= 0.3 is 0 Å². The van der Waals surface area contributed by atoms with Crippen molar-refractivity contribution in [1.29, 1.82) is 0 Å². The van der Waals surface area contributed by atoms with Crippen molar-refractivity contribution in [1.82, 2.24) is 0 Å². The molecule has 0 aromatic heterocycles. The van der Waals surface area contributed by atoms with E-state index in [9.17, 15) is 0 Å². The topological polar surface area (TPSA) is 18.5 Å². The van der Waals surface area contributed by atoms with Crippen LogP contribution in [0, 0.1) is 0 Å². The van der Waals surface area contributed by atoms with E-state index in [-0.39, 0.29) is 10.9 Å². The van der Waals surface area contributed by atoms with Crippen LogP contribution in [-0.2, 0) is 9.47 Å². The third-order valence-electron chi connectivity index (χ3n) is 3.73. The van der Waals surface area contributed by atoms with E-state index < -0.39 is 0 Å². The molecule has 0 aromatic rings. The first-order chi connectivity index (χ1) is 10.7. The van der Waals surface area contributed by atoms with Gasteiger partial charge in [0.15, 0.2) is 0 Å². The molecule has 0 heterocycles. The maximum atomic E-state index is 5.96. The molecule has 0 fully saturated rings. The Morgan fingerprint density at radius 3 is 2.18 bits per heavy atom. The number of ether oxygens (including phenoxy) is 2. The number of hydrogen-bond acceptors (Lipinski definition) is 2. The zero-order chi connectivity index (χ0) is 16.2. The standard InChI is InChI=1S/C18H30Br2O2/c1-3-5-7-9-11-21-17-13-16(20)18(14-15(17)19)22-12-10-8-6-4-2/h13-15,17H,3-12H2,1-2H3. The number of hydrogen-bond donors (Lipinski definition) is 0. The van der Waals surface area contributed by atoms with Gasteiger partial charge in [0.05, 0.1) is 22.0 Å². The summed E-state index contributed by atoms with van der Waals surface area (Å²) in [5.74, 6) is 0.934. The molecule has 0 amide bonds. The SMILES string of the molecule is CCCCCCOC1=CC(Br)C(OCCCCCC)C=C1Br. The monoisotopic (exact) mass is 436 g/mol. The predicted molar refractivity (Wildman–Crippen MR) is 102 cm³/mol. The maximum absolute atomic E-state index is 5.96. The summed E-state index contributed by atoms with van der Waals surface area (Å²) in [5, 5.41) is 0. The van der Waals surface area contributed by atoms with E-state index in [0.29, 0.717) is 0 Å². The van der Waals surface area contributed by atoms with Gasteiger partial charge in [-0.25, -0.2) is 0 Å². The van der Waals surface area contributed by atoms with Crippen molar-refractivity contribution in [3.63, 3.8) is 0 Å². The van der Waals surface area contributed by atoms with Gasteiger partial charge in [0.25, 0.3) is 0 Å². The van der Waals surface area contributed by atoms with Crippen molar-refractivity contribution in [2.45, 2.75) is 76.1 Å². The summed E-state index contributed by atoms with van der Waals surface area (Å²) >= 11 is 7.30. The Morgan fingerprint density at radius 1 is 0.909 bits per heavy atom. The van der Waals surface area contributed by atoms with Crippen LogP contribution in [0.15, 0.2) is 22.4 Å². The van der Waals surface area contributed by atoms with Crippen molar-refractivity contribution in [2.24, 2.45) is 0 Å². The van der Waals surface area contributed by atoms with Crippen LogP contribution >= 0.6 is 31.9 Å². The molecule has 2 nitrogen and oxygen atoms in total. The Balaban J connectivity index is 2.29. The molecule has 2 atom stereocenters. The highest BCUT2D eigenvalue weighted by atomic mass is 79.9. The second kappa shape index (κ2) is 12.6. The molecule has 0 spiro atoms. The molecule has 1 aliphatic carbocycles. The average Bonchev–Trinajstić information content (AvgIpc) is 2.51. The van der Waals surface area contributed by atoms with Gasteiger partial charge < -0.3 is 9.47 Å². The zero-order valence-electron chi connectivity index (χ0n) is 14.0. The van der Waals surface area contributed by atoms with Crippen LogP contribution in [-0.4, -0.2) is 24.1 Å². The quantitative estimate of drug-likeness (QED) is 0.256. The first kappa shape index (κ1) is 20.2. The number of allylic oxidation sites excluding steroid dienone is 1. The minimum atomic E-state index is 0.0865. The second-order valence-electron chi connectivity index (χ2n) is 5.80. The van der Waals surface area contributed by atoms with E-state index in [4.69, 9.17) is 9.47 Å². The van der Waals surface area contributed by atoms with Crippen LogP contribution in [0.3, 0.4) is 0 Å². The van der Waals surface area contributed by atoms with Crippen molar-refractivity contribution < 1.29 is 9.47 Å². The molecule has 1 rings (SSSR count). The van der Waals surface area contributed by atoms with Crippen molar-refractivity contribution >= 4 is 31.9 Å². The normalized spacial score (nSPS) is 21.5. The molecule has 22 heavy (non-hydrogen) atoms. The Kier molecular flexibility index (Phi) is 11.6. The van der Waals surface area contributed by atoms with Crippen LogP contribution in [0.25, 0.3) is 0 Å². The third kappa shape index (κ3) is 8.16. The second-order valence-corrected chi connectivity index (χ2v) is 7.71. The van der Waals surface area contributed by atoms with E-state index in [1.807, 2.05) is 0 Å². The highest BCUT2D eigenvalue weighted by molar-refractivity contribution is 9.12. The Bertz CT molecular complexity index is 353. The first-order valence-corrected chi connectivity index (χ1v) is 10.4. The van der Waals surface area contributed by atoms with Crippen LogP contribution in [0.4, 0.5) is 0 Å². The molecule has 0 N–H and O–H groups in total. The summed E-state index contributed by atoms with van der Waals surface area (Å²) in [6.45, 7) is 6.06. The molecule has 0 saturated carbocycles. The summed E-state index contributed by atoms with van der Waals surface area (Å²) in [6.07, 6.45) is 14.2. The van der Waals surface area contributed by atoms with E-state index >= 15 is 0 Å². The lowest BCUT2D eigenvalue weighted by Crippen LogP contribution is -2.25. The molecule has 0 aliphatic heterocycles. The lowest BCUT2D eigenvalue weighted by Gasteiger charge is -2.24. The fraction of sp³-hybridized carbons (Fsp3) is 0.778.